The van der Waals surface area contributed by atoms with Gasteiger partial charge in [0.2, 0.25) is 5.91 Å². The molecule has 1 aliphatic heterocycles. The lowest BCUT2D eigenvalue weighted by molar-refractivity contribution is -0.121. The molecule has 2 atom stereocenters. The van der Waals surface area contributed by atoms with E-state index in [1.165, 1.54) is 0 Å². The fourth-order valence-electron chi connectivity index (χ4n) is 1.94. The molecule has 1 aromatic rings. The number of nitrogen functional groups attached to an aromatic ring is 1. The maximum atomic E-state index is 12.0. The van der Waals surface area contributed by atoms with Crippen LogP contribution in [0.4, 0.5) is 11.4 Å². The number of ether oxygens (including phenoxy) is 1. The Labute approximate surface area is 105 Å². The summed E-state index contributed by atoms with van der Waals surface area (Å²) in [7, 11) is 0. The summed E-state index contributed by atoms with van der Waals surface area (Å²) in [6, 6.07) is 5.01. The number of carbonyl (C=O) groups is 1. The topological polar surface area (TPSA) is 64.3 Å². The second-order valence-electron chi connectivity index (χ2n) is 4.20. The van der Waals surface area contributed by atoms with Crippen molar-refractivity contribution in [2.24, 2.45) is 5.92 Å². The molecule has 1 heterocycles. The third-order valence-electron chi connectivity index (χ3n) is 2.96. The zero-order valence-electron chi connectivity index (χ0n) is 9.57. The first-order chi connectivity index (χ1) is 8.08. The molecule has 0 bridgehead atoms. The van der Waals surface area contributed by atoms with Crippen LogP contribution in [-0.4, -0.2) is 18.6 Å². The molecule has 1 aliphatic rings. The van der Waals surface area contributed by atoms with Gasteiger partial charge in [-0.15, -0.1) is 0 Å². The molecule has 1 amide bonds. The van der Waals surface area contributed by atoms with Gasteiger partial charge in [0.15, 0.2) is 0 Å². The van der Waals surface area contributed by atoms with Crippen molar-refractivity contribution in [1.82, 2.24) is 0 Å². The van der Waals surface area contributed by atoms with Crippen molar-refractivity contribution in [3.05, 3.63) is 23.2 Å². The SMILES string of the molecule is CC1OCCC1C(=O)Nc1cc(N)ccc1Cl. The highest BCUT2D eigenvalue weighted by atomic mass is 35.5. The van der Waals surface area contributed by atoms with Gasteiger partial charge in [0.25, 0.3) is 0 Å². The second kappa shape index (κ2) is 4.94. The number of nitrogens with two attached hydrogens (primary N) is 1. The van der Waals surface area contributed by atoms with Crippen LogP contribution in [0.1, 0.15) is 13.3 Å². The smallest absolute Gasteiger partial charge is 0.230 e. The molecule has 5 heteroatoms. The Bertz CT molecular complexity index is 437. The molecular weight excluding hydrogens is 240 g/mol. The van der Waals surface area contributed by atoms with Gasteiger partial charge in [-0.2, -0.15) is 0 Å². The summed E-state index contributed by atoms with van der Waals surface area (Å²) < 4.78 is 5.36. The molecule has 2 rings (SSSR count). The van der Waals surface area contributed by atoms with E-state index in [0.29, 0.717) is 23.0 Å². The standard InChI is InChI=1S/C12H15ClN2O2/c1-7-9(4-5-17-7)12(16)15-11-6-8(14)2-3-10(11)13/h2-3,6-7,9H,4-5,14H2,1H3,(H,15,16). The molecule has 0 radical (unpaired) electrons. The number of carbonyl (C=O) groups excluding carboxylic acids is 1. The van der Waals surface area contributed by atoms with E-state index in [1.807, 2.05) is 6.92 Å². The van der Waals surface area contributed by atoms with Crippen LogP contribution in [0.5, 0.6) is 0 Å². The summed E-state index contributed by atoms with van der Waals surface area (Å²) in [6.07, 6.45) is 0.697. The Morgan fingerprint density at radius 3 is 3.00 bits per heavy atom. The van der Waals surface area contributed by atoms with Crippen LogP contribution in [0.25, 0.3) is 0 Å². The van der Waals surface area contributed by atoms with E-state index in [9.17, 15) is 4.79 Å². The summed E-state index contributed by atoms with van der Waals surface area (Å²) in [4.78, 5) is 12.0. The number of anilines is 2. The minimum absolute atomic E-state index is 0.0464. The first-order valence-electron chi connectivity index (χ1n) is 5.55. The number of amides is 1. The number of nitrogens with one attached hydrogen (secondary N) is 1. The van der Waals surface area contributed by atoms with Crippen molar-refractivity contribution in [2.45, 2.75) is 19.4 Å². The zero-order chi connectivity index (χ0) is 12.4. The lowest BCUT2D eigenvalue weighted by Crippen LogP contribution is -2.27. The summed E-state index contributed by atoms with van der Waals surface area (Å²) in [6.45, 7) is 2.53. The molecule has 17 heavy (non-hydrogen) atoms. The molecule has 2 unspecified atom stereocenters. The zero-order valence-corrected chi connectivity index (χ0v) is 10.3. The molecule has 0 aromatic heterocycles. The Morgan fingerprint density at radius 2 is 2.35 bits per heavy atom. The van der Waals surface area contributed by atoms with Crippen LogP contribution < -0.4 is 11.1 Å². The van der Waals surface area contributed by atoms with Gasteiger partial charge in [0.1, 0.15) is 0 Å². The Morgan fingerprint density at radius 1 is 1.59 bits per heavy atom. The number of hydrogen-bond acceptors (Lipinski definition) is 3. The molecule has 0 spiro atoms. The Hall–Kier alpha value is -1.26. The van der Waals surface area contributed by atoms with E-state index in [0.717, 1.165) is 6.42 Å². The highest BCUT2D eigenvalue weighted by molar-refractivity contribution is 6.33. The van der Waals surface area contributed by atoms with Gasteiger partial charge in [-0.05, 0) is 31.5 Å². The normalized spacial score (nSPS) is 23.6. The van der Waals surface area contributed by atoms with Crippen molar-refractivity contribution in [3.63, 3.8) is 0 Å². The summed E-state index contributed by atoms with van der Waals surface area (Å²) >= 11 is 5.98. The van der Waals surface area contributed by atoms with E-state index in [2.05, 4.69) is 5.32 Å². The summed E-state index contributed by atoms with van der Waals surface area (Å²) in [5.41, 5.74) is 6.77. The second-order valence-corrected chi connectivity index (χ2v) is 4.61. The minimum Gasteiger partial charge on any atom is -0.399 e. The highest BCUT2D eigenvalue weighted by Crippen LogP contribution is 2.27. The van der Waals surface area contributed by atoms with Gasteiger partial charge in [-0.1, -0.05) is 11.6 Å². The molecule has 1 saturated heterocycles. The van der Waals surface area contributed by atoms with E-state index in [1.54, 1.807) is 18.2 Å². The van der Waals surface area contributed by atoms with Gasteiger partial charge < -0.3 is 15.8 Å². The number of halogens is 1. The predicted molar refractivity (Wildman–Crippen MR) is 68.0 cm³/mol. The first kappa shape index (κ1) is 12.2. The van der Waals surface area contributed by atoms with E-state index >= 15 is 0 Å². The van der Waals surface area contributed by atoms with Gasteiger partial charge in [0.05, 0.1) is 22.7 Å². The Balaban J connectivity index is 2.10. The first-order valence-corrected chi connectivity index (χ1v) is 5.93. The summed E-state index contributed by atoms with van der Waals surface area (Å²) in [5, 5.41) is 3.28. The lowest BCUT2D eigenvalue weighted by atomic mass is 10.0. The molecular formula is C12H15ClN2O2. The average molecular weight is 255 g/mol. The van der Waals surface area contributed by atoms with E-state index in [4.69, 9.17) is 22.1 Å². The predicted octanol–water partition coefficient (Wildman–Crippen LogP) is 2.29. The Kier molecular flexibility index (Phi) is 3.54. The molecule has 92 valence electrons. The quantitative estimate of drug-likeness (QED) is 0.796. The van der Waals surface area contributed by atoms with Gasteiger partial charge in [-0.3, -0.25) is 4.79 Å². The largest absolute Gasteiger partial charge is 0.399 e. The molecule has 1 fully saturated rings. The van der Waals surface area contributed by atoms with Crippen molar-refractivity contribution in [3.8, 4) is 0 Å². The monoisotopic (exact) mass is 254 g/mol. The van der Waals surface area contributed by atoms with Crippen molar-refractivity contribution < 1.29 is 9.53 Å². The number of hydrogen-bond donors (Lipinski definition) is 2. The van der Waals surface area contributed by atoms with Crippen molar-refractivity contribution >= 4 is 28.9 Å². The van der Waals surface area contributed by atoms with Gasteiger partial charge >= 0.3 is 0 Å². The van der Waals surface area contributed by atoms with Gasteiger partial charge in [-0.25, -0.2) is 0 Å². The molecule has 0 saturated carbocycles. The third-order valence-corrected chi connectivity index (χ3v) is 3.29. The van der Waals surface area contributed by atoms with Crippen LogP contribution in [0.3, 0.4) is 0 Å². The minimum atomic E-state index is -0.118. The van der Waals surface area contributed by atoms with Crippen LogP contribution in [0.2, 0.25) is 5.02 Å². The average Bonchev–Trinajstić information content (AvgIpc) is 2.70. The van der Waals surface area contributed by atoms with E-state index < -0.39 is 0 Å². The van der Waals surface area contributed by atoms with Crippen LogP contribution in [-0.2, 0) is 9.53 Å². The van der Waals surface area contributed by atoms with Crippen molar-refractivity contribution in [1.29, 1.82) is 0 Å². The molecule has 4 nitrogen and oxygen atoms in total. The van der Waals surface area contributed by atoms with E-state index in [-0.39, 0.29) is 17.9 Å². The lowest BCUT2D eigenvalue weighted by Gasteiger charge is -2.15. The third kappa shape index (κ3) is 2.70. The maximum Gasteiger partial charge on any atom is 0.230 e. The van der Waals surface area contributed by atoms with Gasteiger partial charge in [0, 0.05) is 12.3 Å². The molecule has 3 N–H and O–H groups in total. The fourth-order valence-corrected chi connectivity index (χ4v) is 2.10. The van der Waals surface area contributed by atoms with Crippen LogP contribution in [0, 0.1) is 5.92 Å². The van der Waals surface area contributed by atoms with Crippen LogP contribution in [0.15, 0.2) is 18.2 Å². The number of rotatable bonds is 2. The number of benzene rings is 1. The maximum absolute atomic E-state index is 12.0. The highest BCUT2D eigenvalue weighted by Gasteiger charge is 2.30. The molecule has 0 aliphatic carbocycles. The molecule has 1 aromatic carbocycles. The fraction of sp³-hybridized carbons (Fsp3) is 0.417. The van der Waals surface area contributed by atoms with Crippen molar-refractivity contribution in [2.75, 3.05) is 17.7 Å². The van der Waals surface area contributed by atoms with Crippen LogP contribution >= 0.6 is 11.6 Å². The summed E-state index contributed by atoms with van der Waals surface area (Å²) in [5.74, 6) is -0.185.